The molecule has 0 amide bonds. The molecule has 3 heteroatoms. The smallest absolute Gasteiger partial charge is 0.0332 e. The van der Waals surface area contributed by atoms with E-state index in [1.807, 2.05) is 0 Å². The molecule has 3 aromatic carbocycles. The van der Waals surface area contributed by atoms with Crippen LogP contribution in [-0.4, -0.2) is 0 Å². The minimum Gasteiger partial charge on any atom is -0.0616 e. The molecule has 0 atom stereocenters. The van der Waals surface area contributed by atoms with E-state index < -0.39 is 0 Å². The molecule has 0 saturated heterocycles. The van der Waals surface area contributed by atoms with Crippen LogP contribution in [0.3, 0.4) is 0 Å². The van der Waals surface area contributed by atoms with E-state index in [2.05, 4.69) is 91.1 Å². The normalized spacial score (nSPS) is 11.4. The maximum absolute atomic E-state index is 3.77. The molecule has 0 radical (unpaired) electrons. The molecule has 19 heavy (non-hydrogen) atoms. The first-order valence-corrected chi connectivity index (χ1v) is 8.49. The average Bonchev–Trinajstić information content (AvgIpc) is 2.42. The van der Waals surface area contributed by atoms with Gasteiger partial charge >= 0.3 is 0 Å². The molecule has 0 heterocycles. The van der Waals surface area contributed by atoms with Gasteiger partial charge in [-0.15, -0.1) is 0 Å². The Morgan fingerprint density at radius 3 is 2.00 bits per heavy atom. The standard InChI is InChI=1S/C16H11Br3/c1-2-9-10-5-3-4-6-11(10)16(19)13-8-15(18)14(17)7-12(9)13/h3-8H,2H2,1H3. The zero-order valence-corrected chi connectivity index (χ0v) is 15.1. The molecule has 3 aromatic rings. The van der Waals surface area contributed by atoms with Crippen molar-refractivity contribution in [3.8, 4) is 0 Å². The zero-order valence-electron chi connectivity index (χ0n) is 10.3. The van der Waals surface area contributed by atoms with Crippen molar-refractivity contribution in [1.29, 1.82) is 0 Å². The van der Waals surface area contributed by atoms with E-state index in [-0.39, 0.29) is 0 Å². The van der Waals surface area contributed by atoms with Crippen LogP contribution in [0.2, 0.25) is 0 Å². The molecule has 0 fully saturated rings. The van der Waals surface area contributed by atoms with Gasteiger partial charge in [-0.2, -0.15) is 0 Å². The highest BCUT2D eigenvalue weighted by molar-refractivity contribution is 9.13. The molecule has 0 spiro atoms. The highest BCUT2D eigenvalue weighted by Crippen LogP contribution is 2.40. The molecule has 0 aromatic heterocycles. The number of aryl methyl sites for hydroxylation is 1. The van der Waals surface area contributed by atoms with Crippen LogP contribution in [0.25, 0.3) is 21.5 Å². The van der Waals surface area contributed by atoms with Gasteiger partial charge < -0.3 is 0 Å². The Kier molecular flexibility index (Phi) is 3.71. The van der Waals surface area contributed by atoms with Crippen LogP contribution in [0.15, 0.2) is 49.8 Å². The van der Waals surface area contributed by atoms with Crippen molar-refractivity contribution in [3.63, 3.8) is 0 Å². The molecule has 0 bridgehead atoms. The summed E-state index contributed by atoms with van der Waals surface area (Å²) in [6.07, 6.45) is 1.03. The van der Waals surface area contributed by atoms with E-state index in [1.165, 1.54) is 31.6 Å². The van der Waals surface area contributed by atoms with E-state index in [0.717, 1.165) is 15.4 Å². The van der Waals surface area contributed by atoms with Gasteiger partial charge in [-0.1, -0.05) is 31.2 Å². The molecule has 0 aliphatic heterocycles. The molecule has 0 aliphatic carbocycles. The lowest BCUT2D eigenvalue weighted by Crippen LogP contribution is -1.90. The third kappa shape index (κ3) is 2.16. The van der Waals surface area contributed by atoms with Gasteiger partial charge in [-0.3, -0.25) is 0 Å². The average molecular weight is 443 g/mol. The molecular formula is C16H11Br3. The Morgan fingerprint density at radius 1 is 0.789 bits per heavy atom. The first-order chi connectivity index (χ1) is 9.13. The molecule has 0 unspecified atom stereocenters. The summed E-state index contributed by atoms with van der Waals surface area (Å²) in [5, 5.41) is 5.17. The van der Waals surface area contributed by atoms with Crippen LogP contribution in [-0.2, 0) is 6.42 Å². The van der Waals surface area contributed by atoms with Gasteiger partial charge in [-0.05, 0) is 93.5 Å². The Labute approximate surface area is 137 Å². The molecular weight excluding hydrogens is 432 g/mol. The first-order valence-electron chi connectivity index (χ1n) is 6.11. The van der Waals surface area contributed by atoms with Crippen LogP contribution in [0.5, 0.6) is 0 Å². The molecule has 0 saturated carbocycles. The number of hydrogen-bond donors (Lipinski definition) is 0. The lowest BCUT2D eigenvalue weighted by molar-refractivity contribution is 1.18. The largest absolute Gasteiger partial charge is 0.0616 e. The Morgan fingerprint density at radius 2 is 1.37 bits per heavy atom. The molecule has 0 aliphatic rings. The number of hydrogen-bond acceptors (Lipinski definition) is 0. The van der Waals surface area contributed by atoms with E-state index >= 15 is 0 Å². The van der Waals surface area contributed by atoms with Crippen molar-refractivity contribution in [1.82, 2.24) is 0 Å². The van der Waals surface area contributed by atoms with Gasteiger partial charge in [0.05, 0.1) is 0 Å². The van der Waals surface area contributed by atoms with Crippen molar-refractivity contribution < 1.29 is 0 Å². The van der Waals surface area contributed by atoms with Crippen LogP contribution in [0, 0.1) is 0 Å². The Hall–Kier alpha value is -0.380. The predicted octanol–water partition coefficient (Wildman–Crippen LogP) is 6.84. The van der Waals surface area contributed by atoms with E-state index in [0.29, 0.717) is 0 Å². The fourth-order valence-corrected chi connectivity index (χ4v) is 3.95. The number of halogens is 3. The van der Waals surface area contributed by atoms with Crippen LogP contribution in [0.4, 0.5) is 0 Å². The third-order valence-corrected chi connectivity index (χ3v) is 6.16. The maximum atomic E-state index is 3.77. The SMILES string of the molecule is CCc1c2ccccc2c(Br)c2cc(Br)c(Br)cc12. The molecule has 3 rings (SSSR count). The quantitative estimate of drug-likeness (QED) is 0.362. The van der Waals surface area contributed by atoms with E-state index in [9.17, 15) is 0 Å². The van der Waals surface area contributed by atoms with Crippen molar-refractivity contribution in [2.75, 3.05) is 0 Å². The summed E-state index contributed by atoms with van der Waals surface area (Å²) in [6, 6.07) is 13.0. The highest BCUT2D eigenvalue weighted by Gasteiger charge is 2.12. The maximum Gasteiger partial charge on any atom is 0.0332 e. The monoisotopic (exact) mass is 440 g/mol. The van der Waals surface area contributed by atoms with Crippen LogP contribution < -0.4 is 0 Å². The second-order valence-electron chi connectivity index (χ2n) is 4.50. The topological polar surface area (TPSA) is 0 Å². The minimum absolute atomic E-state index is 1.03. The summed E-state index contributed by atoms with van der Waals surface area (Å²) in [7, 11) is 0. The van der Waals surface area contributed by atoms with Gasteiger partial charge in [0, 0.05) is 13.4 Å². The molecule has 0 N–H and O–H groups in total. The lowest BCUT2D eigenvalue weighted by Gasteiger charge is -2.13. The minimum atomic E-state index is 1.03. The highest BCUT2D eigenvalue weighted by atomic mass is 79.9. The first kappa shape index (κ1) is 13.6. The summed E-state index contributed by atoms with van der Waals surface area (Å²) in [4.78, 5) is 0. The van der Waals surface area contributed by atoms with Crippen molar-refractivity contribution >= 4 is 69.3 Å². The number of benzene rings is 3. The molecule has 96 valence electrons. The number of fused-ring (bicyclic) bond motifs is 2. The summed E-state index contributed by atoms with van der Waals surface area (Å²) in [5.41, 5.74) is 1.40. The van der Waals surface area contributed by atoms with Crippen molar-refractivity contribution in [2.24, 2.45) is 0 Å². The third-order valence-electron chi connectivity index (χ3n) is 3.46. The predicted molar refractivity (Wildman–Crippen MR) is 93.9 cm³/mol. The lowest BCUT2D eigenvalue weighted by atomic mass is 9.95. The number of rotatable bonds is 1. The van der Waals surface area contributed by atoms with Crippen molar-refractivity contribution in [2.45, 2.75) is 13.3 Å². The second-order valence-corrected chi connectivity index (χ2v) is 7.01. The fourth-order valence-electron chi connectivity index (χ4n) is 2.59. The Bertz CT molecular complexity index is 791. The fraction of sp³-hybridized carbons (Fsp3) is 0.125. The van der Waals surface area contributed by atoms with Gasteiger partial charge in [0.2, 0.25) is 0 Å². The van der Waals surface area contributed by atoms with Gasteiger partial charge in [-0.25, -0.2) is 0 Å². The van der Waals surface area contributed by atoms with E-state index in [4.69, 9.17) is 0 Å². The summed E-state index contributed by atoms with van der Waals surface area (Å²) < 4.78 is 3.35. The molecule has 0 nitrogen and oxygen atoms in total. The van der Waals surface area contributed by atoms with E-state index in [1.54, 1.807) is 0 Å². The van der Waals surface area contributed by atoms with Crippen LogP contribution in [0.1, 0.15) is 12.5 Å². The van der Waals surface area contributed by atoms with Gasteiger partial charge in [0.15, 0.2) is 0 Å². The van der Waals surface area contributed by atoms with Crippen molar-refractivity contribution in [3.05, 3.63) is 55.4 Å². The summed E-state index contributed by atoms with van der Waals surface area (Å²) in [5.74, 6) is 0. The summed E-state index contributed by atoms with van der Waals surface area (Å²) in [6.45, 7) is 2.21. The van der Waals surface area contributed by atoms with Crippen LogP contribution >= 0.6 is 47.8 Å². The second kappa shape index (κ2) is 5.19. The van der Waals surface area contributed by atoms with Gasteiger partial charge in [0.25, 0.3) is 0 Å². The van der Waals surface area contributed by atoms with Gasteiger partial charge in [0.1, 0.15) is 0 Å². The Balaban J connectivity index is 2.62. The summed E-state index contributed by atoms with van der Waals surface area (Å²) >= 11 is 11.0. The zero-order chi connectivity index (χ0) is 13.6.